The number of methoxy groups -OCH3 is 1. The van der Waals surface area contributed by atoms with Gasteiger partial charge in [-0.2, -0.15) is 0 Å². The van der Waals surface area contributed by atoms with Crippen molar-refractivity contribution in [3.8, 4) is 11.5 Å². The molecule has 0 radical (unpaired) electrons. The van der Waals surface area contributed by atoms with Gasteiger partial charge in [-0.25, -0.2) is 0 Å². The molecule has 1 aliphatic rings. The number of hydrogen-bond donors (Lipinski definition) is 2. The quantitative estimate of drug-likeness (QED) is 0.179. The van der Waals surface area contributed by atoms with Crippen LogP contribution in [0.3, 0.4) is 0 Å². The highest BCUT2D eigenvalue weighted by Crippen LogP contribution is 2.36. The number of alkyl halides is 1. The Balaban J connectivity index is 1.53. The summed E-state index contributed by atoms with van der Waals surface area (Å²) in [6, 6.07) is 17.0. The van der Waals surface area contributed by atoms with Crippen LogP contribution in [-0.4, -0.2) is 44.8 Å². The molecule has 3 aromatic carbocycles. The Bertz CT molecular complexity index is 1380. The van der Waals surface area contributed by atoms with E-state index in [9.17, 15) is 9.59 Å². The van der Waals surface area contributed by atoms with Crippen LogP contribution in [0.15, 0.2) is 59.6 Å². The first-order chi connectivity index (χ1) is 18.9. The molecule has 204 valence electrons. The topological polar surface area (TPSA) is 92.3 Å². The number of benzene rings is 3. The van der Waals surface area contributed by atoms with Crippen LogP contribution in [0.1, 0.15) is 29.2 Å². The summed E-state index contributed by atoms with van der Waals surface area (Å²) < 4.78 is 11.8. The Morgan fingerprint density at radius 2 is 1.95 bits per heavy atom. The summed E-state index contributed by atoms with van der Waals surface area (Å²) >= 11 is 3.51. The van der Waals surface area contributed by atoms with Crippen molar-refractivity contribution in [1.29, 1.82) is 0 Å². The molecule has 0 saturated heterocycles. The van der Waals surface area contributed by atoms with Crippen LogP contribution in [0.5, 0.6) is 11.5 Å². The monoisotopic (exact) mass is 592 g/mol. The number of fused-ring (bicyclic) bond motifs is 1. The van der Waals surface area contributed by atoms with Crippen molar-refractivity contribution >= 4 is 51.5 Å². The predicted octanol–water partition coefficient (Wildman–Crippen LogP) is 5.31. The maximum atomic E-state index is 12.4. The highest BCUT2D eigenvalue weighted by atomic mass is 79.9. The highest BCUT2D eigenvalue weighted by Gasteiger charge is 2.27. The van der Waals surface area contributed by atoms with E-state index in [0.29, 0.717) is 28.9 Å². The van der Waals surface area contributed by atoms with Crippen LogP contribution in [0, 0.1) is 6.92 Å². The number of anilines is 2. The van der Waals surface area contributed by atoms with Crippen LogP contribution < -0.4 is 25.0 Å². The molecule has 4 rings (SSSR count). The standard InChI is InChI=1S/C30H33BrN4O4/c1-19-9-28(38-4)29(14-26(19)33-16-25-13-23-7-5-6-8-27(23)35(25)18-36)39-17-22-10-21(15-31)11-24(12-22)34-30(37)20(2)32-3/h5-12,14,16,18,20,25,32H,13,15,17H2,1-4H3,(H,34,37). The van der Waals surface area contributed by atoms with Gasteiger partial charge < -0.3 is 25.0 Å². The molecule has 0 spiro atoms. The lowest BCUT2D eigenvalue weighted by molar-refractivity contribution is -0.117. The molecule has 2 atom stereocenters. The SMILES string of the molecule is CNC(C)C(=O)Nc1cc(CBr)cc(COc2cc(N=CC3Cc4ccccc4N3C=O)c(C)cc2OC)c1. The van der Waals surface area contributed by atoms with Gasteiger partial charge >= 0.3 is 0 Å². The molecule has 1 aliphatic heterocycles. The molecule has 0 saturated carbocycles. The van der Waals surface area contributed by atoms with Crippen LogP contribution >= 0.6 is 15.9 Å². The fraction of sp³-hybridized carbons (Fsp3) is 0.300. The number of likely N-dealkylation sites (N-methyl/N-ethyl adjacent to an activating group) is 1. The number of ether oxygens (including phenoxy) is 2. The van der Waals surface area contributed by atoms with Gasteiger partial charge in [0.1, 0.15) is 6.61 Å². The number of aryl methyl sites for hydroxylation is 1. The van der Waals surface area contributed by atoms with E-state index in [0.717, 1.165) is 40.0 Å². The van der Waals surface area contributed by atoms with Gasteiger partial charge in [-0.1, -0.05) is 40.2 Å². The molecule has 0 fully saturated rings. The van der Waals surface area contributed by atoms with E-state index in [4.69, 9.17) is 14.5 Å². The zero-order valence-electron chi connectivity index (χ0n) is 22.5. The number of halogens is 1. The fourth-order valence-electron chi connectivity index (χ4n) is 4.46. The summed E-state index contributed by atoms with van der Waals surface area (Å²) in [6.45, 7) is 4.03. The maximum absolute atomic E-state index is 12.4. The fourth-order valence-corrected chi connectivity index (χ4v) is 4.79. The van der Waals surface area contributed by atoms with Gasteiger partial charge in [-0.15, -0.1) is 0 Å². The number of nitrogens with zero attached hydrogens (tertiary/aromatic N) is 2. The normalized spacial score (nSPS) is 15.2. The second-order valence-electron chi connectivity index (χ2n) is 9.44. The summed E-state index contributed by atoms with van der Waals surface area (Å²) in [5.74, 6) is 1.04. The van der Waals surface area contributed by atoms with Crippen molar-refractivity contribution in [3.63, 3.8) is 0 Å². The molecular weight excluding hydrogens is 560 g/mol. The molecule has 9 heteroatoms. The van der Waals surface area contributed by atoms with E-state index in [2.05, 4.69) is 26.6 Å². The molecule has 1 heterocycles. The zero-order valence-corrected chi connectivity index (χ0v) is 24.1. The van der Waals surface area contributed by atoms with Crippen molar-refractivity contribution in [2.45, 2.75) is 44.3 Å². The Kier molecular flexibility index (Phi) is 9.37. The van der Waals surface area contributed by atoms with E-state index in [1.807, 2.05) is 67.7 Å². The number of para-hydroxylation sites is 1. The third kappa shape index (κ3) is 6.66. The van der Waals surface area contributed by atoms with Crippen LogP contribution in [0.4, 0.5) is 17.1 Å². The third-order valence-electron chi connectivity index (χ3n) is 6.73. The highest BCUT2D eigenvalue weighted by molar-refractivity contribution is 9.08. The Morgan fingerprint density at radius 1 is 1.18 bits per heavy atom. The second-order valence-corrected chi connectivity index (χ2v) is 10.0. The number of nitrogens with one attached hydrogen (secondary N) is 2. The van der Waals surface area contributed by atoms with Crippen molar-refractivity contribution < 1.29 is 19.1 Å². The lowest BCUT2D eigenvalue weighted by atomic mass is 10.1. The molecule has 0 aliphatic carbocycles. The van der Waals surface area contributed by atoms with Crippen LogP contribution in [-0.2, 0) is 27.9 Å². The van der Waals surface area contributed by atoms with Gasteiger partial charge in [0.2, 0.25) is 12.3 Å². The lowest BCUT2D eigenvalue weighted by Gasteiger charge is -2.17. The molecule has 0 aromatic heterocycles. The number of rotatable bonds is 11. The number of amides is 2. The number of aliphatic imine (C=N–C) groups is 1. The first-order valence-electron chi connectivity index (χ1n) is 12.7. The van der Waals surface area contributed by atoms with Gasteiger partial charge in [-0.3, -0.25) is 14.6 Å². The third-order valence-corrected chi connectivity index (χ3v) is 7.38. The summed E-state index contributed by atoms with van der Waals surface area (Å²) in [7, 11) is 3.35. The minimum atomic E-state index is -0.315. The largest absolute Gasteiger partial charge is 0.493 e. The minimum Gasteiger partial charge on any atom is -0.493 e. The first-order valence-corrected chi connectivity index (χ1v) is 13.8. The van der Waals surface area contributed by atoms with Gasteiger partial charge in [0, 0.05) is 35.4 Å². The van der Waals surface area contributed by atoms with Crippen molar-refractivity contribution in [2.75, 3.05) is 24.4 Å². The molecule has 2 amide bonds. The van der Waals surface area contributed by atoms with Gasteiger partial charge in [0.05, 0.1) is 24.9 Å². The summed E-state index contributed by atoms with van der Waals surface area (Å²) in [6.07, 6.45) is 3.38. The van der Waals surface area contributed by atoms with Gasteiger partial charge in [0.25, 0.3) is 0 Å². The number of carbonyl (C=O) groups is 2. The average molecular weight is 594 g/mol. The summed E-state index contributed by atoms with van der Waals surface area (Å²) in [5, 5.41) is 6.54. The Labute approximate surface area is 237 Å². The number of hydrogen-bond acceptors (Lipinski definition) is 6. The molecule has 39 heavy (non-hydrogen) atoms. The van der Waals surface area contributed by atoms with E-state index < -0.39 is 0 Å². The first kappa shape index (κ1) is 28.3. The number of carbonyl (C=O) groups excluding carboxylic acids is 2. The lowest BCUT2D eigenvalue weighted by Crippen LogP contribution is -2.35. The molecule has 3 aromatic rings. The van der Waals surface area contributed by atoms with E-state index >= 15 is 0 Å². The summed E-state index contributed by atoms with van der Waals surface area (Å²) in [5.41, 5.74) is 6.32. The van der Waals surface area contributed by atoms with Crippen molar-refractivity contribution in [1.82, 2.24) is 5.32 Å². The van der Waals surface area contributed by atoms with Crippen molar-refractivity contribution in [2.24, 2.45) is 4.99 Å². The Morgan fingerprint density at radius 3 is 2.67 bits per heavy atom. The minimum absolute atomic E-state index is 0.114. The molecule has 2 unspecified atom stereocenters. The zero-order chi connectivity index (χ0) is 27.9. The van der Waals surface area contributed by atoms with Gasteiger partial charge in [0.15, 0.2) is 11.5 Å². The average Bonchev–Trinajstić information content (AvgIpc) is 3.32. The molecule has 2 N–H and O–H groups in total. The summed E-state index contributed by atoms with van der Waals surface area (Å²) in [4.78, 5) is 30.6. The van der Waals surface area contributed by atoms with Crippen molar-refractivity contribution in [3.05, 3.63) is 76.9 Å². The van der Waals surface area contributed by atoms with Crippen LogP contribution in [0.25, 0.3) is 0 Å². The maximum Gasteiger partial charge on any atom is 0.241 e. The predicted molar refractivity (Wildman–Crippen MR) is 159 cm³/mol. The second kappa shape index (κ2) is 12.9. The molecule has 0 bridgehead atoms. The molecular formula is C30H33BrN4O4. The van der Waals surface area contributed by atoms with E-state index in [-0.39, 0.29) is 24.6 Å². The van der Waals surface area contributed by atoms with E-state index in [1.165, 1.54) is 0 Å². The van der Waals surface area contributed by atoms with Gasteiger partial charge in [-0.05, 0) is 67.4 Å². The van der Waals surface area contributed by atoms with Crippen LogP contribution in [0.2, 0.25) is 0 Å². The van der Waals surface area contributed by atoms with E-state index in [1.54, 1.807) is 26.0 Å². The Hall–Kier alpha value is -3.69. The smallest absolute Gasteiger partial charge is 0.241 e. The molecule has 8 nitrogen and oxygen atoms in total.